The van der Waals surface area contributed by atoms with Crippen molar-refractivity contribution in [3.8, 4) is 11.5 Å². The molecule has 1 aromatic rings. The molecular weight excluding hydrogens is 336 g/mol. The van der Waals surface area contributed by atoms with E-state index in [0.717, 1.165) is 6.42 Å². The molecule has 1 heterocycles. The minimum absolute atomic E-state index is 0.0390. The van der Waals surface area contributed by atoms with E-state index in [2.05, 4.69) is 0 Å². The Balaban J connectivity index is 2.37. The Morgan fingerprint density at radius 3 is 2.69 bits per heavy atom. The van der Waals surface area contributed by atoms with Crippen molar-refractivity contribution in [2.45, 2.75) is 58.5 Å². The molecule has 0 radical (unpaired) electrons. The van der Waals surface area contributed by atoms with E-state index < -0.39 is 11.9 Å². The zero-order chi connectivity index (χ0) is 19.1. The van der Waals surface area contributed by atoms with E-state index in [1.165, 1.54) is 19.1 Å². The summed E-state index contributed by atoms with van der Waals surface area (Å²) in [5.74, 6) is -1.11. The van der Waals surface area contributed by atoms with Gasteiger partial charge >= 0.3 is 11.9 Å². The van der Waals surface area contributed by atoms with Crippen molar-refractivity contribution in [2.24, 2.45) is 0 Å². The molecule has 0 aliphatic carbocycles. The Labute approximate surface area is 152 Å². The van der Waals surface area contributed by atoms with Crippen LogP contribution in [0.2, 0.25) is 0 Å². The van der Waals surface area contributed by atoms with Crippen molar-refractivity contribution in [1.82, 2.24) is 0 Å². The summed E-state index contributed by atoms with van der Waals surface area (Å²) in [5, 5.41) is 10.3. The van der Waals surface area contributed by atoms with Crippen LogP contribution in [0.25, 0.3) is 6.08 Å². The third-order valence-corrected chi connectivity index (χ3v) is 4.09. The molecule has 0 amide bonds. The molecule has 1 aliphatic heterocycles. The Morgan fingerprint density at radius 2 is 1.96 bits per heavy atom. The number of cyclic esters (lactones) is 1. The summed E-state index contributed by atoms with van der Waals surface area (Å²) in [6.45, 7) is 3.01. The number of ketones is 1. The molecule has 26 heavy (non-hydrogen) atoms. The highest BCUT2D eigenvalue weighted by atomic mass is 16.5. The summed E-state index contributed by atoms with van der Waals surface area (Å²) in [6, 6.07) is 2.73. The van der Waals surface area contributed by atoms with E-state index >= 15 is 0 Å². The minimum atomic E-state index is -0.646. The molecule has 1 unspecified atom stereocenters. The van der Waals surface area contributed by atoms with Gasteiger partial charge in [-0.15, -0.1) is 0 Å². The molecule has 0 bridgehead atoms. The Hall–Kier alpha value is -2.63. The average molecular weight is 360 g/mol. The van der Waals surface area contributed by atoms with E-state index in [0.29, 0.717) is 37.7 Å². The summed E-state index contributed by atoms with van der Waals surface area (Å²) in [6.07, 6.45) is 6.75. The van der Waals surface area contributed by atoms with Crippen LogP contribution in [0.15, 0.2) is 18.2 Å². The molecule has 1 aromatic carbocycles. The number of phenols is 1. The van der Waals surface area contributed by atoms with Crippen molar-refractivity contribution in [3.63, 3.8) is 0 Å². The number of ether oxygens (including phenoxy) is 2. The standard InChI is InChI=1S/C20H24O6/c1-13-7-6-10-16(22)9-5-3-4-8-15-11-17(26-14(2)21)12-18(23)19(15)20(24)25-13/h4,8,11-13,23H,3,5-7,9-10H2,1-2H3. The lowest BCUT2D eigenvalue weighted by molar-refractivity contribution is -0.131. The van der Waals surface area contributed by atoms with E-state index in [-0.39, 0.29) is 28.9 Å². The van der Waals surface area contributed by atoms with Gasteiger partial charge in [0.1, 0.15) is 22.8 Å². The largest absolute Gasteiger partial charge is 0.507 e. The first-order valence-electron chi connectivity index (χ1n) is 8.81. The molecule has 2 rings (SSSR count). The Morgan fingerprint density at radius 1 is 1.23 bits per heavy atom. The molecule has 1 aliphatic rings. The van der Waals surface area contributed by atoms with Gasteiger partial charge in [0.15, 0.2) is 0 Å². The number of allylic oxidation sites excluding steroid dienone is 1. The highest BCUT2D eigenvalue weighted by molar-refractivity contribution is 5.97. The topological polar surface area (TPSA) is 89.9 Å². The van der Waals surface area contributed by atoms with Gasteiger partial charge in [-0.2, -0.15) is 0 Å². The highest BCUT2D eigenvalue weighted by Gasteiger charge is 2.21. The van der Waals surface area contributed by atoms with Crippen molar-refractivity contribution < 1.29 is 29.0 Å². The number of carbonyl (C=O) groups is 3. The number of aromatic hydroxyl groups is 1. The zero-order valence-corrected chi connectivity index (χ0v) is 15.1. The monoisotopic (exact) mass is 360 g/mol. The normalized spacial score (nSPS) is 19.2. The van der Waals surface area contributed by atoms with Crippen LogP contribution in [0, 0.1) is 0 Å². The number of esters is 2. The molecule has 1 atom stereocenters. The van der Waals surface area contributed by atoms with Gasteiger partial charge in [0, 0.05) is 25.8 Å². The van der Waals surface area contributed by atoms with Crippen LogP contribution in [-0.2, 0) is 14.3 Å². The lowest BCUT2D eigenvalue weighted by Gasteiger charge is -2.16. The summed E-state index contributed by atoms with van der Waals surface area (Å²) in [7, 11) is 0. The second kappa shape index (κ2) is 9.17. The van der Waals surface area contributed by atoms with Crippen LogP contribution in [-0.4, -0.2) is 28.9 Å². The van der Waals surface area contributed by atoms with Crippen molar-refractivity contribution in [1.29, 1.82) is 0 Å². The maximum absolute atomic E-state index is 12.5. The second-order valence-electron chi connectivity index (χ2n) is 6.44. The lowest BCUT2D eigenvalue weighted by atomic mass is 10.0. The quantitative estimate of drug-likeness (QED) is 0.605. The van der Waals surface area contributed by atoms with Crippen LogP contribution in [0.3, 0.4) is 0 Å². The Kier molecular flexibility index (Phi) is 6.95. The van der Waals surface area contributed by atoms with Crippen molar-refractivity contribution in [3.05, 3.63) is 29.3 Å². The van der Waals surface area contributed by atoms with Crippen molar-refractivity contribution in [2.75, 3.05) is 0 Å². The van der Waals surface area contributed by atoms with E-state index in [9.17, 15) is 19.5 Å². The fourth-order valence-electron chi connectivity index (χ4n) is 2.84. The van der Waals surface area contributed by atoms with Gasteiger partial charge in [0.2, 0.25) is 0 Å². The number of phenolic OH excluding ortho intramolecular Hbond substituents is 1. The van der Waals surface area contributed by atoms with Gasteiger partial charge in [-0.25, -0.2) is 4.79 Å². The first kappa shape index (κ1) is 19.7. The average Bonchev–Trinajstić information content (AvgIpc) is 2.52. The maximum atomic E-state index is 12.5. The maximum Gasteiger partial charge on any atom is 0.342 e. The molecule has 6 nitrogen and oxygen atoms in total. The number of rotatable bonds is 1. The molecule has 0 fully saturated rings. The summed E-state index contributed by atoms with van der Waals surface area (Å²) < 4.78 is 10.4. The SMILES string of the molecule is CC(=O)Oc1cc(O)c2c(c1)C=CCCCC(=O)CCCC(C)OC2=O. The number of fused-ring (bicyclic) bond motifs is 1. The summed E-state index contributed by atoms with van der Waals surface area (Å²) in [5.41, 5.74) is 0.443. The van der Waals surface area contributed by atoms with Crippen LogP contribution >= 0.6 is 0 Å². The van der Waals surface area contributed by atoms with Crippen LogP contribution < -0.4 is 4.74 Å². The predicted octanol–water partition coefficient (Wildman–Crippen LogP) is 3.80. The molecule has 0 spiro atoms. The summed E-state index contributed by atoms with van der Waals surface area (Å²) in [4.78, 5) is 35.5. The van der Waals surface area contributed by atoms with Gasteiger partial charge < -0.3 is 14.6 Å². The fourth-order valence-corrected chi connectivity index (χ4v) is 2.84. The van der Waals surface area contributed by atoms with Gasteiger partial charge in [-0.1, -0.05) is 12.2 Å². The van der Waals surface area contributed by atoms with Gasteiger partial charge in [-0.05, 0) is 44.2 Å². The first-order valence-corrected chi connectivity index (χ1v) is 8.81. The van der Waals surface area contributed by atoms with Gasteiger partial charge in [0.05, 0.1) is 6.10 Å². The zero-order valence-electron chi connectivity index (χ0n) is 15.1. The number of carbonyl (C=O) groups excluding carboxylic acids is 3. The molecule has 0 saturated carbocycles. The van der Waals surface area contributed by atoms with Crippen molar-refractivity contribution >= 4 is 23.8 Å². The van der Waals surface area contributed by atoms with E-state index in [1.807, 2.05) is 6.08 Å². The minimum Gasteiger partial charge on any atom is -0.507 e. The smallest absolute Gasteiger partial charge is 0.342 e. The first-order chi connectivity index (χ1) is 12.4. The molecule has 0 aromatic heterocycles. The lowest BCUT2D eigenvalue weighted by Crippen LogP contribution is -2.17. The molecule has 0 saturated heterocycles. The third kappa shape index (κ3) is 5.72. The second-order valence-corrected chi connectivity index (χ2v) is 6.44. The van der Waals surface area contributed by atoms with Gasteiger partial charge in [-0.3, -0.25) is 9.59 Å². The Bertz CT molecular complexity index is 719. The highest BCUT2D eigenvalue weighted by Crippen LogP contribution is 2.30. The van der Waals surface area contributed by atoms with E-state index in [4.69, 9.17) is 9.47 Å². The number of hydrogen-bond acceptors (Lipinski definition) is 6. The van der Waals surface area contributed by atoms with Crippen LogP contribution in [0.1, 0.15) is 68.3 Å². The number of benzene rings is 1. The molecule has 140 valence electrons. The molecule has 6 heteroatoms. The number of hydrogen-bond donors (Lipinski definition) is 1. The number of Topliss-reactive ketones (excluding diaryl/α,β-unsaturated/α-hetero) is 1. The van der Waals surface area contributed by atoms with Gasteiger partial charge in [0.25, 0.3) is 0 Å². The van der Waals surface area contributed by atoms with Crippen LogP contribution in [0.4, 0.5) is 0 Å². The molecular formula is C20H24O6. The predicted molar refractivity (Wildman–Crippen MR) is 96.0 cm³/mol. The third-order valence-electron chi connectivity index (χ3n) is 4.09. The molecule has 1 N–H and O–H groups in total. The van der Waals surface area contributed by atoms with E-state index in [1.54, 1.807) is 13.0 Å². The van der Waals surface area contributed by atoms with Crippen LogP contribution in [0.5, 0.6) is 11.5 Å². The fraction of sp³-hybridized carbons (Fsp3) is 0.450. The summed E-state index contributed by atoms with van der Waals surface area (Å²) >= 11 is 0.